The zero-order valence-electron chi connectivity index (χ0n) is 11.4. The van der Waals surface area contributed by atoms with Gasteiger partial charge in [-0.2, -0.15) is 0 Å². The minimum Gasteiger partial charge on any atom is -0.355 e. The molecule has 20 heavy (non-hydrogen) atoms. The summed E-state index contributed by atoms with van der Waals surface area (Å²) in [7, 11) is 0. The maximum Gasteiger partial charge on any atom is 0.220 e. The monoisotopic (exact) mass is 302 g/mol. The summed E-state index contributed by atoms with van der Waals surface area (Å²) in [5, 5.41) is 5.80. The van der Waals surface area contributed by atoms with E-state index in [-0.39, 0.29) is 42.8 Å². The van der Waals surface area contributed by atoms with Gasteiger partial charge in [0.05, 0.1) is 0 Å². The second-order valence-electron chi connectivity index (χ2n) is 4.13. The van der Waals surface area contributed by atoms with Gasteiger partial charge in [-0.05, 0) is 30.8 Å². The van der Waals surface area contributed by atoms with E-state index in [0.717, 1.165) is 6.54 Å². The van der Waals surface area contributed by atoms with E-state index < -0.39 is 0 Å². The number of likely N-dealkylation sites (N-methyl/N-ethyl adjacent to an activating group) is 1. The van der Waals surface area contributed by atoms with E-state index in [2.05, 4.69) is 10.6 Å². The van der Waals surface area contributed by atoms with Crippen molar-refractivity contribution < 1.29 is 14.0 Å². The summed E-state index contributed by atoms with van der Waals surface area (Å²) in [6.45, 7) is 4.12. The Morgan fingerprint density at radius 2 is 1.75 bits per heavy atom. The lowest BCUT2D eigenvalue weighted by molar-refractivity contribution is -0.121. The van der Waals surface area contributed by atoms with Crippen molar-refractivity contribution in [2.45, 2.75) is 19.8 Å². The molecule has 0 saturated carbocycles. The number of rotatable bonds is 8. The van der Waals surface area contributed by atoms with E-state index in [9.17, 15) is 14.0 Å². The molecule has 2 N–H and O–H groups in total. The Morgan fingerprint density at radius 1 is 1.10 bits per heavy atom. The van der Waals surface area contributed by atoms with Crippen molar-refractivity contribution in [3.05, 3.63) is 35.6 Å². The third kappa shape index (κ3) is 7.21. The number of Topliss-reactive ketones (excluding diaryl/α,β-unsaturated/α-hetero) is 1. The van der Waals surface area contributed by atoms with E-state index in [1.54, 1.807) is 0 Å². The highest BCUT2D eigenvalue weighted by Gasteiger charge is 2.08. The SMILES string of the molecule is CCNCCNC(=O)CCC(=O)c1ccc(F)cc1.Cl. The van der Waals surface area contributed by atoms with E-state index in [1.807, 2.05) is 6.92 Å². The molecule has 0 spiro atoms. The van der Waals surface area contributed by atoms with Crippen molar-refractivity contribution in [3.8, 4) is 0 Å². The molecule has 0 unspecified atom stereocenters. The van der Waals surface area contributed by atoms with Gasteiger partial charge in [0.15, 0.2) is 5.78 Å². The Bertz CT molecular complexity index is 424. The minimum atomic E-state index is -0.377. The molecule has 0 fully saturated rings. The first-order valence-corrected chi connectivity index (χ1v) is 6.39. The fourth-order valence-corrected chi connectivity index (χ4v) is 1.56. The van der Waals surface area contributed by atoms with Crippen LogP contribution in [0.25, 0.3) is 0 Å². The van der Waals surface area contributed by atoms with Gasteiger partial charge in [-0.1, -0.05) is 6.92 Å². The van der Waals surface area contributed by atoms with Gasteiger partial charge in [0.25, 0.3) is 0 Å². The number of nitrogens with one attached hydrogen (secondary N) is 2. The Kier molecular flexibility index (Phi) is 9.59. The summed E-state index contributed by atoms with van der Waals surface area (Å²) in [4.78, 5) is 23.2. The number of amides is 1. The number of hydrogen-bond donors (Lipinski definition) is 2. The molecule has 1 aromatic carbocycles. The number of carbonyl (C=O) groups excluding carboxylic acids is 2. The van der Waals surface area contributed by atoms with Gasteiger partial charge in [-0.3, -0.25) is 9.59 Å². The van der Waals surface area contributed by atoms with Crippen molar-refractivity contribution in [2.75, 3.05) is 19.6 Å². The molecule has 0 aliphatic rings. The highest BCUT2D eigenvalue weighted by molar-refractivity contribution is 5.97. The highest BCUT2D eigenvalue weighted by Crippen LogP contribution is 2.07. The lowest BCUT2D eigenvalue weighted by Gasteiger charge is -2.05. The average molecular weight is 303 g/mol. The van der Waals surface area contributed by atoms with Gasteiger partial charge in [-0.15, -0.1) is 12.4 Å². The van der Waals surface area contributed by atoms with Crippen LogP contribution in [0.15, 0.2) is 24.3 Å². The first-order chi connectivity index (χ1) is 9.13. The molecule has 0 radical (unpaired) electrons. The van der Waals surface area contributed by atoms with E-state index >= 15 is 0 Å². The van der Waals surface area contributed by atoms with Gasteiger partial charge < -0.3 is 10.6 Å². The van der Waals surface area contributed by atoms with Gasteiger partial charge in [0.1, 0.15) is 5.82 Å². The van der Waals surface area contributed by atoms with Crippen molar-refractivity contribution in [1.29, 1.82) is 0 Å². The molecule has 0 heterocycles. The molecule has 0 bridgehead atoms. The predicted molar refractivity (Wildman–Crippen MR) is 78.8 cm³/mol. The van der Waals surface area contributed by atoms with Crippen LogP contribution >= 0.6 is 12.4 Å². The molecule has 112 valence electrons. The summed E-state index contributed by atoms with van der Waals surface area (Å²) in [5.74, 6) is -0.673. The fraction of sp³-hybridized carbons (Fsp3) is 0.429. The molecule has 0 aliphatic carbocycles. The second-order valence-corrected chi connectivity index (χ2v) is 4.13. The molecule has 0 atom stereocenters. The van der Waals surface area contributed by atoms with Crippen molar-refractivity contribution in [2.24, 2.45) is 0 Å². The maximum atomic E-state index is 12.7. The number of carbonyl (C=O) groups is 2. The smallest absolute Gasteiger partial charge is 0.220 e. The standard InChI is InChI=1S/C14H19FN2O2.ClH/c1-2-16-9-10-17-14(19)8-7-13(18)11-3-5-12(15)6-4-11;/h3-6,16H,2,7-10H2,1H3,(H,17,19);1H. The number of halogens is 2. The summed E-state index contributed by atoms with van der Waals surface area (Å²) in [6, 6.07) is 5.34. The average Bonchev–Trinajstić information content (AvgIpc) is 2.42. The van der Waals surface area contributed by atoms with Crippen LogP contribution in [0.5, 0.6) is 0 Å². The van der Waals surface area contributed by atoms with Crippen LogP contribution in [0.1, 0.15) is 30.1 Å². The first kappa shape index (κ1) is 18.5. The lowest BCUT2D eigenvalue weighted by Crippen LogP contribution is -2.31. The quantitative estimate of drug-likeness (QED) is 0.570. The normalized spacial score (nSPS) is 9.70. The summed E-state index contributed by atoms with van der Waals surface area (Å²) >= 11 is 0. The summed E-state index contributed by atoms with van der Waals surface area (Å²) in [6.07, 6.45) is 0.293. The Morgan fingerprint density at radius 3 is 2.35 bits per heavy atom. The highest BCUT2D eigenvalue weighted by atomic mass is 35.5. The van der Waals surface area contributed by atoms with Gasteiger partial charge in [0.2, 0.25) is 5.91 Å². The zero-order valence-corrected chi connectivity index (χ0v) is 12.3. The number of benzene rings is 1. The van der Waals surface area contributed by atoms with Gasteiger partial charge in [0, 0.05) is 31.5 Å². The molecule has 1 amide bonds. The van der Waals surface area contributed by atoms with Crippen molar-refractivity contribution in [1.82, 2.24) is 10.6 Å². The van der Waals surface area contributed by atoms with Gasteiger partial charge in [-0.25, -0.2) is 4.39 Å². The maximum absolute atomic E-state index is 12.7. The third-order valence-corrected chi connectivity index (χ3v) is 2.62. The van der Waals surface area contributed by atoms with E-state index in [1.165, 1.54) is 24.3 Å². The van der Waals surface area contributed by atoms with Crippen LogP contribution in [0, 0.1) is 5.82 Å². The molecular formula is C14H20ClFN2O2. The van der Waals surface area contributed by atoms with Crippen LogP contribution in [-0.4, -0.2) is 31.3 Å². The topological polar surface area (TPSA) is 58.2 Å². The Balaban J connectivity index is 0.00000361. The van der Waals surface area contributed by atoms with Crippen molar-refractivity contribution in [3.63, 3.8) is 0 Å². The molecule has 0 saturated heterocycles. The molecule has 0 aliphatic heterocycles. The molecule has 0 aromatic heterocycles. The third-order valence-electron chi connectivity index (χ3n) is 2.62. The fourth-order valence-electron chi connectivity index (χ4n) is 1.56. The number of ketones is 1. The van der Waals surface area contributed by atoms with Crippen LogP contribution < -0.4 is 10.6 Å². The summed E-state index contributed by atoms with van der Waals surface area (Å²) in [5.41, 5.74) is 0.432. The van der Waals surface area contributed by atoms with Crippen LogP contribution in [0.3, 0.4) is 0 Å². The van der Waals surface area contributed by atoms with Crippen LogP contribution in [0.2, 0.25) is 0 Å². The first-order valence-electron chi connectivity index (χ1n) is 6.39. The van der Waals surface area contributed by atoms with Gasteiger partial charge >= 0.3 is 0 Å². The molecule has 4 nitrogen and oxygen atoms in total. The summed E-state index contributed by atoms with van der Waals surface area (Å²) < 4.78 is 12.7. The molecule has 6 heteroatoms. The predicted octanol–water partition coefficient (Wildman–Crippen LogP) is 1.94. The number of hydrogen-bond acceptors (Lipinski definition) is 3. The van der Waals surface area contributed by atoms with E-state index in [0.29, 0.717) is 18.7 Å². The molecule has 1 aromatic rings. The molecular weight excluding hydrogens is 283 g/mol. The van der Waals surface area contributed by atoms with Crippen LogP contribution in [-0.2, 0) is 4.79 Å². The van der Waals surface area contributed by atoms with Crippen molar-refractivity contribution >= 4 is 24.1 Å². The molecule has 1 rings (SSSR count). The largest absolute Gasteiger partial charge is 0.355 e. The minimum absolute atomic E-state index is 0. The van der Waals surface area contributed by atoms with E-state index in [4.69, 9.17) is 0 Å². The zero-order chi connectivity index (χ0) is 14.1. The van der Waals surface area contributed by atoms with Crippen LogP contribution in [0.4, 0.5) is 4.39 Å². The Hall–Kier alpha value is -1.46. The lowest BCUT2D eigenvalue weighted by atomic mass is 10.1. The second kappa shape index (κ2) is 10.3. The Labute approximate surface area is 124 Å².